The average molecular weight is 423 g/mol. The van der Waals surface area contributed by atoms with Gasteiger partial charge in [0, 0.05) is 24.6 Å². The number of likely N-dealkylation sites (tertiary alicyclic amines) is 1. The molecule has 2 aromatic carbocycles. The molecule has 1 aromatic heterocycles. The molecule has 3 heterocycles. The molecule has 154 valence electrons. The predicted octanol–water partition coefficient (Wildman–Crippen LogP) is 2.04. The van der Waals surface area contributed by atoms with Gasteiger partial charge in [0.05, 0.1) is 17.6 Å². The summed E-state index contributed by atoms with van der Waals surface area (Å²) in [6, 6.07) is 14.6. The van der Waals surface area contributed by atoms with Gasteiger partial charge in [0.1, 0.15) is 10.7 Å². The number of aromatic amines is 1. The number of fused-ring (bicyclic) bond motifs is 2. The summed E-state index contributed by atoms with van der Waals surface area (Å²) in [6.45, 7) is 1.53. The molecule has 2 N–H and O–H groups in total. The number of nitrogens with one attached hydrogen (secondary N) is 2. The average Bonchev–Trinajstić information content (AvgIpc) is 3.30. The molecule has 1 fully saturated rings. The van der Waals surface area contributed by atoms with Gasteiger partial charge in [0.15, 0.2) is 5.84 Å². The standard InChI is InChI=1S/C21H21N5O3S/c27-21(22-13-19-23-16-6-2-3-7-17(16)24-19)14-9-11-26(12-10-14)20-15-5-1-4-8-18(15)30(28,29)25-20/h1-8,14H,9-13H2,(H,22,27)(H,23,24). The minimum absolute atomic E-state index is 0.00325. The number of imidazole rings is 1. The minimum Gasteiger partial charge on any atom is -0.355 e. The molecule has 2 aliphatic heterocycles. The third-order valence-electron chi connectivity index (χ3n) is 5.65. The van der Waals surface area contributed by atoms with Crippen LogP contribution in [-0.2, 0) is 21.4 Å². The molecule has 9 heteroatoms. The lowest BCUT2D eigenvalue weighted by molar-refractivity contribution is -0.126. The van der Waals surface area contributed by atoms with Crippen molar-refractivity contribution in [3.63, 3.8) is 0 Å². The molecule has 0 aliphatic carbocycles. The number of piperidine rings is 1. The largest absolute Gasteiger partial charge is 0.355 e. The smallest absolute Gasteiger partial charge is 0.285 e. The number of sulfonamides is 1. The Kier molecular flexibility index (Phi) is 4.54. The maximum Gasteiger partial charge on any atom is 0.285 e. The first kappa shape index (κ1) is 18.8. The summed E-state index contributed by atoms with van der Waals surface area (Å²) < 4.78 is 28.5. The highest BCUT2D eigenvalue weighted by atomic mass is 32.2. The second kappa shape index (κ2) is 7.24. The summed E-state index contributed by atoms with van der Waals surface area (Å²) in [4.78, 5) is 22.5. The van der Waals surface area contributed by atoms with Gasteiger partial charge < -0.3 is 15.2 Å². The molecule has 2 aliphatic rings. The zero-order chi connectivity index (χ0) is 20.7. The molecule has 0 unspecified atom stereocenters. The number of aromatic nitrogens is 2. The molecule has 1 amide bonds. The van der Waals surface area contributed by atoms with Crippen LogP contribution in [0.4, 0.5) is 0 Å². The van der Waals surface area contributed by atoms with E-state index in [2.05, 4.69) is 19.7 Å². The van der Waals surface area contributed by atoms with Gasteiger partial charge in [-0.3, -0.25) is 4.79 Å². The number of benzene rings is 2. The minimum atomic E-state index is -3.63. The van der Waals surface area contributed by atoms with Crippen LogP contribution in [0.25, 0.3) is 11.0 Å². The van der Waals surface area contributed by atoms with Crippen LogP contribution in [0, 0.1) is 5.92 Å². The molecule has 0 bridgehead atoms. The molecule has 0 saturated carbocycles. The third-order valence-corrected chi connectivity index (χ3v) is 6.97. The number of amidine groups is 1. The van der Waals surface area contributed by atoms with E-state index in [0.717, 1.165) is 16.9 Å². The highest BCUT2D eigenvalue weighted by Crippen LogP contribution is 2.29. The van der Waals surface area contributed by atoms with Crippen molar-refractivity contribution in [2.24, 2.45) is 10.3 Å². The predicted molar refractivity (Wildman–Crippen MR) is 112 cm³/mol. The zero-order valence-electron chi connectivity index (χ0n) is 16.2. The van der Waals surface area contributed by atoms with Crippen molar-refractivity contribution in [1.29, 1.82) is 0 Å². The Labute approximate surface area is 174 Å². The first-order valence-corrected chi connectivity index (χ1v) is 11.4. The van der Waals surface area contributed by atoms with Crippen molar-refractivity contribution in [2.75, 3.05) is 13.1 Å². The maximum atomic E-state index is 12.6. The number of carbonyl (C=O) groups excluding carboxylic acids is 1. The molecule has 0 spiro atoms. The van der Waals surface area contributed by atoms with Crippen molar-refractivity contribution >= 4 is 32.8 Å². The van der Waals surface area contributed by atoms with E-state index in [-0.39, 0.29) is 16.7 Å². The van der Waals surface area contributed by atoms with Crippen molar-refractivity contribution in [2.45, 2.75) is 24.3 Å². The lowest BCUT2D eigenvalue weighted by Crippen LogP contribution is -2.43. The quantitative estimate of drug-likeness (QED) is 0.670. The van der Waals surface area contributed by atoms with Crippen LogP contribution >= 0.6 is 0 Å². The molecule has 8 nitrogen and oxygen atoms in total. The molecule has 30 heavy (non-hydrogen) atoms. The molecule has 0 atom stereocenters. The van der Waals surface area contributed by atoms with E-state index in [4.69, 9.17) is 0 Å². The Hall–Kier alpha value is -3.20. The fourth-order valence-electron chi connectivity index (χ4n) is 4.07. The second-order valence-electron chi connectivity index (χ2n) is 7.57. The summed E-state index contributed by atoms with van der Waals surface area (Å²) >= 11 is 0. The van der Waals surface area contributed by atoms with Crippen LogP contribution in [0.1, 0.15) is 24.2 Å². The summed E-state index contributed by atoms with van der Waals surface area (Å²) in [7, 11) is -3.63. The van der Waals surface area contributed by atoms with Crippen molar-refractivity contribution in [1.82, 2.24) is 20.2 Å². The number of rotatable bonds is 3. The topological polar surface area (TPSA) is 108 Å². The zero-order valence-corrected chi connectivity index (χ0v) is 17.0. The summed E-state index contributed by atoms with van der Waals surface area (Å²) in [5, 5.41) is 2.97. The Balaban J connectivity index is 1.20. The van der Waals surface area contributed by atoms with Gasteiger partial charge in [0.2, 0.25) is 5.91 Å². The lowest BCUT2D eigenvalue weighted by Gasteiger charge is -2.32. The first-order valence-electron chi connectivity index (χ1n) is 9.92. The summed E-state index contributed by atoms with van der Waals surface area (Å²) in [5.74, 6) is 1.10. The molecule has 5 rings (SSSR count). The number of carbonyl (C=O) groups is 1. The van der Waals surface area contributed by atoms with Crippen molar-refractivity contribution < 1.29 is 13.2 Å². The van der Waals surface area contributed by atoms with E-state index in [1.807, 2.05) is 35.2 Å². The van der Waals surface area contributed by atoms with Gasteiger partial charge in [0.25, 0.3) is 10.0 Å². The Morgan fingerprint density at radius 2 is 1.83 bits per heavy atom. The van der Waals surface area contributed by atoms with Gasteiger partial charge in [-0.15, -0.1) is 4.40 Å². The molecule has 3 aromatic rings. The van der Waals surface area contributed by atoms with Crippen LogP contribution in [0.2, 0.25) is 0 Å². The van der Waals surface area contributed by atoms with E-state index in [0.29, 0.717) is 43.9 Å². The Morgan fingerprint density at radius 3 is 2.63 bits per heavy atom. The monoisotopic (exact) mass is 423 g/mol. The van der Waals surface area contributed by atoms with Gasteiger partial charge in [-0.25, -0.2) is 4.98 Å². The fraction of sp³-hybridized carbons (Fsp3) is 0.286. The van der Waals surface area contributed by atoms with Gasteiger partial charge in [-0.2, -0.15) is 8.42 Å². The van der Waals surface area contributed by atoms with Crippen LogP contribution in [0.5, 0.6) is 0 Å². The number of hydrogen-bond donors (Lipinski definition) is 2. The van der Waals surface area contributed by atoms with E-state index in [1.165, 1.54) is 0 Å². The fourth-order valence-corrected chi connectivity index (χ4v) is 5.30. The number of nitrogens with zero attached hydrogens (tertiary/aromatic N) is 3. The van der Waals surface area contributed by atoms with E-state index in [9.17, 15) is 13.2 Å². The van der Waals surface area contributed by atoms with E-state index < -0.39 is 10.0 Å². The highest BCUT2D eigenvalue weighted by Gasteiger charge is 2.34. The van der Waals surface area contributed by atoms with Crippen LogP contribution in [-0.4, -0.2) is 48.1 Å². The van der Waals surface area contributed by atoms with Crippen LogP contribution < -0.4 is 5.32 Å². The van der Waals surface area contributed by atoms with E-state index >= 15 is 0 Å². The number of hydrogen-bond acceptors (Lipinski definition) is 5. The summed E-state index contributed by atoms with van der Waals surface area (Å²) in [6.07, 6.45) is 1.29. The number of H-pyrrole nitrogens is 1. The summed E-state index contributed by atoms with van der Waals surface area (Å²) in [5.41, 5.74) is 2.47. The van der Waals surface area contributed by atoms with Gasteiger partial charge >= 0.3 is 0 Å². The SMILES string of the molecule is O=C(NCc1nc2ccccc2[nH]1)C1CCN(C2=NS(=O)(=O)c3ccccc32)CC1. The molecular weight excluding hydrogens is 402 g/mol. The normalized spacial score (nSPS) is 18.3. The highest BCUT2D eigenvalue weighted by molar-refractivity contribution is 7.90. The second-order valence-corrected chi connectivity index (χ2v) is 9.14. The van der Waals surface area contributed by atoms with Crippen molar-refractivity contribution in [3.8, 4) is 0 Å². The van der Waals surface area contributed by atoms with Crippen LogP contribution in [0.15, 0.2) is 57.8 Å². The maximum absolute atomic E-state index is 12.6. The number of amides is 1. The van der Waals surface area contributed by atoms with E-state index in [1.54, 1.807) is 18.2 Å². The first-order chi connectivity index (χ1) is 14.5. The molecule has 0 radical (unpaired) electrons. The van der Waals surface area contributed by atoms with Crippen LogP contribution in [0.3, 0.4) is 0 Å². The Bertz CT molecular complexity index is 1220. The molecule has 1 saturated heterocycles. The Morgan fingerprint density at radius 1 is 1.10 bits per heavy atom. The lowest BCUT2D eigenvalue weighted by atomic mass is 9.95. The van der Waals surface area contributed by atoms with Crippen molar-refractivity contribution in [3.05, 3.63) is 59.9 Å². The third kappa shape index (κ3) is 3.35. The van der Waals surface area contributed by atoms with Gasteiger partial charge in [-0.1, -0.05) is 24.3 Å². The molecular formula is C21H21N5O3S. The number of para-hydroxylation sites is 2. The van der Waals surface area contributed by atoms with Gasteiger partial charge in [-0.05, 0) is 37.1 Å².